The lowest BCUT2D eigenvalue weighted by Gasteiger charge is -2.41. The summed E-state index contributed by atoms with van der Waals surface area (Å²) in [6, 6.07) is 8.14. The molecule has 2 N–H and O–H groups in total. The highest BCUT2D eigenvalue weighted by Crippen LogP contribution is 2.36. The van der Waals surface area contributed by atoms with E-state index >= 15 is 0 Å². The van der Waals surface area contributed by atoms with Crippen molar-refractivity contribution in [2.24, 2.45) is 0 Å². The minimum Gasteiger partial charge on any atom is -0.481 e. The van der Waals surface area contributed by atoms with Gasteiger partial charge in [-0.3, -0.25) is 9.59 Å². The molecule has 1 aromatic carbocycles. The second kappa shape index (κ2) is 6.83. The summed E-state index contributed by atoms with van der Waals surface area (Å²) in [7, 11) is 0. The molecule has 2 aliphatic rings. The number of amides is 1. The first-order valence-electron chi connectivity index (χ1n) is 9.70. The number of hydrogen-bond donors (Lipinski definition) is 2. The summed E-state index contributed by atoms with van der Waals surface area (Å²) >= 11 is 0. The number of aryl methyl sites for hydroxylation is 1. The number of aliphatic carboxylic acids is 1. The van der Waals surface area contributed by atoms with Gasteiger partial charge in [0.25, 0.3) is 5.91 Å². The molecule has 0 bridgehead atoms. The van der Waals surface area contributed by atoms with Crippen LogP contribution in [0, 0.1) is 6.92 Å². The number of nitrogens with zero attached hydrogens (tertiary/aromatic N) is 2. The van der Waals surface area contributed by atoms with Crippen LogP contribution in [0.3, 0.4) is 0 Å². The van der Waals surface area contributed by atoms with Crippen molar-refractivity contribution in [2.75, 3.05) is 0 Å². The third kappa shape index (κ3) is 3.36. The third-order valence-electron chi connectivity index (χ3n) is 5.85. The molecule has 2 aromatic rings. The normalized spacial score (nSPS) is 17.7. The molecule has 1 fully saturated rings. The van der Waals surface area contributed by atoms with Crippen LogP contribution in [-0.2, 0) is 17.6 Å². The van der Waals surface area contributed by atoms with Crippen LogP contribution >= 0.6 is 0 Å². The van der Waals surface area contributed by atoms with Gasteiger partial charge in [-0.15, -0.1) is 0 Å². The highest BCUT2D eigenvalue weighted by Gasteiger charge is 2.41. The summed E-state index contributed by atoms with van der Waals surface area (Å²) in [6.45, 7) is 2.04. The maximum atomic E-state index is 13.0. The smallest absolute Gasteiger partial charge is 0.305 e. The molecule has 142 valence electrons. The molecule has 0 radical (unpaired) electrons. The van der Waals surface area contributed by atoms with Crippen LogP contribution in [-0.4, -0.2) is 32.3 Å². The maximum Gasteiger partial charge on any atom is 0.305 e. The molecule has 0 atom stereocenters. The Morgan fingerprint density at radius 3 is 2.48 bits per heavy atom. The van der Waals surface area contributed by atoms with E-state index < -0.39 is 11.5 Å². The molecule has 0 aliphatic heterocycles. The van der Waals surface area contributed by atoms with Gasteiger partial charge in [0.2, 0.25) is 0 Å². The molecule has 1 amide bonds. The highest BCUT2D eigenvalue weighted by molar-refractivity contribution is 5.95. The van der Waals surface area contributed by atoms with Gasteiger partial charge >= 0.3 is 5.97 Å². The lowest BCUT2D eigenvalue weighted by Crippen LogP contribution is -2.54. The van der Waals surface area contributed by atoms with Crippen LogP contribution in [0.2, 0.25) is 0 Å². The zero-order chi connectivity index (χ0) is 19.0. The van der Waals surface area contributed by atoms with E-state index in [0.29, 0.717) is 18.5 Å². The number of hydrogen-bond acceptors (Lipinski definition) is 3. The van der Waals surface area contributed by atoms with Gasteiger partial charge in [0, 0.05) is 11.3 Å². The summed E-state index contributed by atoms with van der Waals surface area (Å²) < 4.78 is 1.90. The molecule has 27 heavy (non-hydrogen) atoms. The summed E-state index contributed by atoms with van der Waals surface area (Å²) in [5.74, 6) is -1.11. The predicted molar refractivity (Wildman–Crippen MR) is 101 cm³/mol. The SMILES string of the molecule is Cc1ccc(-n2nc(C(=O)NC3(CC(=O)O)CCC3)c3c2CCCC3)cc1. The van der Waals surface area contributed by atoms with E-state index in [1.807, 2.05) is 35.9 Å². The first-order valence-corrected chi connectivity index (χ1v) is 9.70. The fourth-order valence-corrected chi connectivity index (χ4v) is 4.22. The van der Waals surface area contributed by atoms with E-state index in [1.54, 1.807) is 0 Å². The first-order chi connectivity index (χ1) is 13.0. The molecular weight excluding hydrogens is 342 g/mol. The lowest BCUT2D eigenvalue weighted by atomic mass is 9.74. The molecule has 6 nitrogen and oxygen atoms in total. The van der Waals surface area contributed by atoms with Gasteiger partial charge in [-0.05, 0) is 64.0 Å². The number of fused-ring (bicyclic) bond motifs is 1. The second-order valence-corrected chi connectivity index (χ2v) is 7.89. The average Bonchev–Trinajstić information content (AvgIpc) is 3.00. The zero-order valence-corrected chi connectivity index (χ0v) is 15.6. The van der Waals surface area contributed by atoms with E-state index in [1.165, 1.54) is 5.56 Å². The number of aromatic nitrogens is 2. The Morgan fingerprint density at radius 2 is 1.85 bits per heavy atom. The van der Waals surface area contributed by atoms with Crippen molar-refractivity contribution in [1.29, 1.82) is 0 Å². The fraction of sp³-hybridized carbons (Fsp3) is 0.476. The molecule has 0 unspecified atom stereocenters. The van der Waals surface area contributed by atoms with Crippen molar-refractivity contribution >= 4 is 11.9 Å². The molecular formula is C21H25N3O3. The molecule has 1 saturated carbocycles. The van der Waals surface area contributed by atoms with Crippen LogP contribution in [0.25, 0.3) is 5.69 Å². The van der Waals surface area contributed by atoms with Crippen LogP contribution in [0.5, 0.6) is 0 Å². The Bertz CT molecular complexity index is 879. The summed E-state index contributed by atoms with van der Waals surface area (Å²) in [5, 5.41) is 16.9. The molecule has 1 heterocycles. The third-order valence-corrected chi connectivity index (χ3v) is 5.85. The number of carbonyl (C=O) groups is 2. The van der Waals surface area contributed by atoms with E-state index in [-0.39, 0.29) is 12.3 Å². The summed E-state index contributed by atoms with van der Waals surface area (Å²) in [4.78, 5) is 24.2. The molecule has 2 aliphatic carbocycles. The van der Waals surface area contributed by atoms with Crippen molar-refractivity contribution in [1.82, 2.24) is 15.1 Å². The van der Waals surface area contributed by atoms with Gasteiger partial charge < -0.3 is 10.4 Å². The average molecular weight is 367 g/mol. The van der Waals surface area contributed by atoms with Crippen LogP contribution in [0.4, 0.5) is 0 Å². The molecule has 0 spiro atoms. The molecule has 1 aromatic heterocycles. The minimum atomic E-state index is -0.873. The highest BCUT2D eigenvalue weighted by atomic mass is 16.4. The largest absolute Gasteiger partial charge is 0.481 e. The quantitative estimate of drug-likeness (QED) is 0.850. The fourth-order valence-electron chi connectivity index (χ4n) is 4.22. The first kappa shape index (κ1) is 17.8. The van der Waals surface area contributed by atoms with Gasteiger partial charge in [-0.2, -0.15) is 5.10 Å². The molecule has 0 saturated heterocycles. The number of benzene rings is 1. The van der Waals surface area contributed by atoms with E-state index in [9.17, 15) is 14.7 Å². The van der Waals surface area contributed by atoms with Crippen LogP contribution < -0.4 is 5.32 Å². The minimum absolute atomic E-state index is 0.0282. The Hall–Kier alpha value is -2.63. The van der Waals surface area contributed by atoms with Crippen LogP contribution in [0.15, 0.2) is 24.3 Å². The monoisotopic (exact) mass is 367 g/mol. The lowest BCUT2D eigenvalue weighted by molar-refractivity contribution is -0.139. The van der Waals surface area contributed by atoms with E-state index in [4.69, 9.17) is 0 Å². The van der Waals surface area contributed by atoms with Gasteiger partial charge in [0.1, 0.15) is 0 Å². The van der Waals surface area contributed by atoms with Crippen LogP contribution in [0.1, 0.15) is 65.8 Å². The Labute approximate surface area is 158 Å². The Balaban J connectivity index is 1.67. The second-order valence-electron chi connectivity index (χ2n) is 7.89. The summed E-state index contributed by atoms with van der Waals surface area (Å²) in [5.41, 5.74) is 4.11. The van der Waals surface area contributed by atoms with Crippen molar-refractivity contribution < 1.29 is 14.7 Å². The van der Waals surface area contributed by atoms with Crippen molar-refractivity contribution in [3.05, 3.63) is 46.8 Å². The maximum absolute atomic E-state index is 13.0. The number of carboxylic acids is 1. The zero-order valence-electron chi connectivity index (χ0n) is 15.6. The van der Waals surface area contributed by atoms with E-state index in [2.05, 4.69) is 10.4 Å². The van der Waals surface area contributed by atoms with Crippen molar-refractivity contribution in [2.45, 2.75) is 63.8 Å². The Morgan fingerprint density at radius 1 is 1.15 bits per heavy atom. The van der Waals surface area contributed by atoms with Crippen molar-refractivity contribution in [3.8, 4) is 5.69 Å². The molecule has 4 rings (SSSR count). The van der Waals surface area contributed by atoms with Gasteiger partial charge in [-0.25, -0.2) is 4.68 Å². The molecule has 6 heteroatoms. The number of carboxylic acid groups (broad SMARTS) is 1. The van der Waals surface area contributed by atoms with E-state index in [0.717, 1.165) is 49.0 Å². The topological polar surface area (TPSA) is 84.2 Å². The summed E-state index contributed by atoms with van der Waals surface area (Å²) in [6.07, 6.45) is 6.24. The predicted octanol–water partition coefficient (Wildman–Crippen LogP) is 3.19. The van der Waals surface area contributed by atoms with Gasteiger partial charge in [0.15, 0.2) is 5.69 Å². The standard InChI is InChI=1S/C21H25N3O3/c1-14-7-9-15(10-8-14)24-17-6-3-2-5-16(17)19(23-24)20(27)22-21(11-4-12-21)13-18(25)26/h7-10H,2-6,11-13H2,1H3,(H,22,27)(H,25,26). The van der Waals surface area contributed by atoms with Gasteiger partial charge in [-0.1, -0.05) is 17.7 Å². The Kier molecular flexibility index (Phi) is 4.50. The number of carbonyl (C=O) groups excluding carboxylic acids is 1. The number of nitrogens with one attached hydrogen (secondary N) is 1. The van der Waals surface area contributed by atoms with Crippen molar-refractivity contribution in [3.63, 3.8) is 0 Å². The van der Waals surface area contributed by atoms with Gasteiger partial charge in [0.05, 0.1) is 17.6 Å². The number of rotatable bonds is 5.